The minimum absolute atomic E-state index is 0.233. The lowest BCUT2D eigenvalue weighted by molar-refractivity contribution is -0.139. The van der Waals surface area contributed by atoms with Crippen LogP contribution < -0.4 is 14.9 Å². The second-order valence-corrected chi connectivity index (χ2v) is 11.7. The fourth-order valence-electron chi connectivity index (χ4n) is 4.69. The highest BCUT2D eigenvalue weighted by Gasteiger charge is 2.33. The molecule has 3 heterocycles. The molecule has 1 aliphatic rings. The molecule has 2 aromatic heterocycles. The van der Waals surface area contributed by atoms with Crippen LogP contribution in [-0.2, 0) is 9.53 Å². The van der Waals surface area contributed by atoms with Gasteiger partial charge >= 0.3 is 5.97 Å². The third-order valence-electron chi connectivity index (χ3n) is 6.73. The minimum atomic E-state index is -0.640. The average Bonchev–Trinajstić information content (AvgIpc) is 3.47. The number of rotatable bonds is 6. The van der Waals surface area contributed by atoms with Crippen molar-refractivity contribution in [2.45, 2.75) is 46.6 Å². The molecular formula is C31H29BrN2O4S. The molecule has 1 atom stereocenters. The van der Waals surface area contributed by atoms with Gasteiger partial charge in [0, 0.05) is 16.1 Å². The number of furan rings is 1. The van der Waals surface area contributed by atoms with Crippen molar-refractivity contribution in [3.05, 3.63) is 112 Å². The molecule has 0 fully saturated rings. The summed E-state index contributed by atoms with van der Waals surface area (Å²) in [6, 6.07) is 17.2. The Bertz CT molecular complexity index is 1770. The zero-order chi connectivity index (χ0) is 27.8. The van der Waals surface area contributed by atoms with Gasteiger partial charge in [0.2, 0.25) is 0 Å². The molecule has 39 heavy (non-hydrogen) atoms. The standard InChI is InChI=1S/C31H29BrN2O4S/c1-6-37-30(36)27-19(5)33-31-34(28(27)21-10-8-20(9-11-21)17(2)3)29(35)26(39-31)16-22-12-14-25(38-22)23-13-7-18(4)15-24(23)32/h7-17,28H,6H2,1-5H3/b26-16-. The van der Waals surface area contributed by atoms with Crippen molar-refractivity contribution in [3.8, 4) is 11.3 Å². The molecule has 6 nitrogen and oxygen atoms in total. The lowest BCUT2D eigenvalue weighted by Crippen LogP contribution is -2.39. The van der Waals surface area contributed by atoms with Gasteiger partial charge in [-0.25, -0.2) is 9.79 Å². The van der Waals surface area contributed by atoms with Crippen molar-refractivity contribution in [2.24, 2.45) is 4.99 Å². The molecule has 0 bridgehead atoms. The van der Waals surface area contributed by atoms with E-state index in [1.54, 1.807) is 24.5 Å². The van der Waals surface area contributed by atoms with Gasteiger partial charge in [-0.2, -0.15) is 0 Å². The SMILES string of the molecule is CCOC(=O)C1=C(C)N=c2s/c(=C\c3ccc(-c4ccc(C)cc4Br)o3)c(=O)n2C1c1ccc(C(C)C)cc1. The summed E-state index contributed by atoms with van der Waals surface area (Å²) in [5.74, 6) is 1.15. The van der Waals surface area contributed by atoms with Gasteiger partial charge in [0.1, 0.15) is 11.5 Å². The minimum Gasteiger partial charge on any atom is -0.463 e. The van der Waals surface area contributed by atoms with Crippen LogP contribution in [0, 0.1) is 6.92 Å². The van der Waals surface area contributed by atoms with Gasteiger partial charge in [-0.3, -0.25) is 9.36 Å². The fraction of sp³-hybridized carbons (Fsp3) is 0.258. The maximum Gasteiger partial charge on any atom is 0.338 e. The Kier molecular flexibility index (Phi) is 7.60. The molecule has 0 aliphatic carbocycles. The molecule has 8 heteroatoms. The summed E-state index contributed by atoms with van der Waals surface area (Å²) in [6.07, 6.45) is 1.73. The number of ether oxygens (including phenoxy) is 1. The first-order valence-electron chi connectivity index (χ1n) is 12.8. The third kappa shape index (κ3) is 5.23. The van der Waals surface area contributed by atoms with E-state index in [0.717, 1.165) is 21.2 Å². The number of allylic oxidation sites excluding steroid dienone is 1. The molecule has 0 amide bonds. The largest absolute Gasteiger partial charge is 0.463 e. The van der Waals surface area contributed by atoms with Crippen molar-refractivity contribution in [1.29, 1.82) is 0 Å². The Morgan fingerprint density at radius 3 is 2.56 bits per heavy atom. The maximum absolute atomic E-state index is 13.8. The van der Waals surface area contributed by atoms with Crippen molar-refractivity contribution in [2.75, 3.05) is 6.61 Å². The quantitative estimate of drug-likeness (QED) is 0.244. The van der Waals surface area contributed by atoms with E-state index < -0.39 is 12.0 Å². The number of hydrogen-bond donors (Lipinski definition) is 0. The zero-order valence-electron chi connectivity index (χ0n) is 22.4. The Hall–Kier alpha value is -3.49. The normalized spacial score (nSPS) is 15.5. The van der Waals surface area contributed by atoms with E-state index in [4.69, 9.17) is 9.15 Å². The van der Waals surface area contributed by atoms with Gasteiger partial charge in [-0.05, 0) is 67.6 Å². The number of carbonyl (C=O) groups excluding carboxylic acids is 1. The highest BCUT2D eigenvalue weighted by atomic mass is 79.9. The van der Waals surface area contributed by atoms with Crippen LogP contribution in [0.3, 0.4) is 0 Å². The lowest BCUT2D eigenvalue weighted by atomic mass is 9.93. The van der Waals surface area contributed by atoms with Crippen LogP contribution in [0.15, 0.2) is 84.5 Å². The molecule has 2 aromatic carbocycles. The molecule has 1 aliphatic heterocycles. The van der Waals surface area contributed by atoms with Crippen LogP contribution in [-0.4, -0.2) is 17.1 Å². The summed E-state index contributed by atoms with van der Waals surface area (Å²) in [6.45, 7) is 10.1. The molecule has 200 valence electrons. The summed E-state index contributed by atoms with van der Waals surface area (Å²) in [7, 11) is 0. The highest BCUT2D eigenvalue weighted by molar-refractivity contribution is 9.10. The summed E-state index contributed by atoms with van der Waals surface area (Å²) in [4.78, 5) is 32.1. The second kappa shape index (κ2) is 10.9. The van der Waals surface area contributed by atoms with Crippen molar-refractivity contribution >= 4 is 39.3 Å². The molecule has 1 unspecified atom stereocenters. The number of benzene rings is 2. The number of fused-ring (bicyclic) bond motifs is 1. The molecular weight excluding hydrogens is 576 g/mol. The van der Waals surface area contributed by atoms with E-state index in [9.17, 15) is 9.59 Å². The first kappa shape index (κ1) is 27.1. The van der Waals surface area contributed by atoms with Crippen LogP contribution in [0.2, 0.25) is 0 Å². The van der Waals surface area contributed by atoms with E-state index in [1.807, 2.05) is 61.5 Å². The monoisotopic (exact) mass is 604 g/mol. The number of carbonyl (C=O) groups is 1. The fourth-order valence-corrected chi connectivity index (χ4v) is 6.41. The van der Waals surface area contributed by atoms with Gasteiger partial charge in [-0.15, -0.1) is 0 Å². The molecule has 0 saturated heterocycles. The van der Waals surface area contributed by atoms with Gasteiger partial charge in [0.15, 0.2) is 4.80 Å². The summed E-state index contributed by atoms with van der Waals surface area (Å²) >= 11 is 4.89. The molecule has 0 saturated carbocycles. The van der Waals surface area contributed by atoms with Crippen LogP contribution in [0.1, 0.15) is 62.1 Å². The number of hydrogen-bond acceptors (Lipinski definition) is 6. The number of nitrogens with zero attached hydrogens (tertiary/aromatic N) is 2. The van der Waals surface area contributed by atoms with E-state index in [2.05, 4.69) is 34.8 Å². The molecule has 4 aromatic rings. The van der Waals surface area contributed by atoms with Crippen LogP contribution in [0.25, 0.3) is 17.4 Å². The average molecular weight is 606 g/mol. The lowest BCUT2D eigenvalue weighted by Gasteiger charge is -2.25. The predicted octanol–water partition coefficient (Wildman–Crippen LogP) is 6.25. The highest BCUT2D eigenvalue weighted by Crippen LogP contribution is 2.32. The van der Waals surface area contributed by atoms with E-state index in [0.29, 0.717) is 38.0 Å². The molecule has 0 N–H and O–H groups in total. The number of aromatic nitrogens is 1. The number of aryl methyl sites for hydroxylation is 1. The predicted molar refractivity (Wildman–Crippen MR) is 158 cm³/mol. The van der Waals surface area contributed by atoms with Crippen molar-refractivity contribution in [1.82, 2.24) is 4.57 Å². The molecule has 0 radical (unpaired) electrons. The van der Waals surface area contributed by atoms with Crippen LogP contribution in [0.5, 0.6) is 0 Å². The Balaban J connectivity index is 1.63. The zero-order valence-corrected chi connectivity index (χ0v) is 24.9. The maximum atomic E-state index is 13.8. The van der Waals surface area contributed by atoms with Crippen LogP contribution >= 0.6 is 27.3 Å². The number of halogens is 1. The van der Waals surface area contributed by atoms with Crippen LogP contribution in [0.4, 0.5) is 0 Å². The first-order valence-corrected chi connectivity index (χ1v) is 14.4. The summed E-state index contributed by atoms with van der Waals surface area (Å²) < 4.78 is 14.5. The number of thiazole rings is 1. The molecule has 5 rings (SSSR count). The topological polar surface area (TPSA) is 73.8 Å². The summed E-state index contributed by atoms with van der Waals surface area (Å²) in [5, 5.41) is 0. The van der Waals surface area contributed by atoms with Gasteiger partial charge < -0.3 is 9.15 Å². The van der Waals surface area contributed by atoms with E-state index >= 15 is 0 Å². The second-order valence-electron chi connectivity index (χ2n) is 9.81. The Morgan fingerprint density at radius 1 is 1.15 bits per heavy atom. The first-order chi connectivity index (χ1) is 18.7. The van der Waals surface area contributed by atoms with Gasteiger partial charge in [0.25, 0.3) is 5.56 Å². The number of esters is 1. The van der Waals surface area contributed by atoms with E-state index in [-0.39, 0.29) is 12.2 Å². The van der Waals surface area contributed by atoms with Gasteiger partial charge in [0.05, 0.1) is 28.5 Å². The van der Waals surface area contributed by atoms with E-state index in [1.165, 1.54) is 16.9 Å². The smallest absolute Gasteiger partial charge is 0.338 e. The molecule has 0 spiro atoms. The van der Waals surface area contributed by atoms with Crippen molar-refractivity contribution < 1.29 is 13.9 Å². The Labute approximate surface area is 239 Å². The van der Waals surface area contributed by atoms with Crippen molar-refractivity contribution in [3.63, 3.8) is 0 Å². The Morgan fingerprint density at radius 2 is 1.90 bits per heavy atom. The summed E-state index contributed by atoms with van der Waals surface area (Å²) in [5.41, 5.74) is 4.76. The third-order valence-corrected chi connectivity index (χ3v) is 8.37. The van der Waals surface area contributed by atoms with Gasteiger partial charge in [-0.1, -0.05) is 71.4 Å².